The Kier molecular flexibility index (Phi) is 8.79. The van der Waals surface area contributed by atoms with Gasteiger partial charge in [0.1, 0.15) is 11.2 Å². The van der Waals surface area contributed by atoms with E-state index in [2.05, 4.69) is 228 Å². The highest BCUT2D eigenvalue weighted by Gasteiger charge is 2.17. The molecule has 0 fully saturated rings. The molecule has 0 radical (unpaired) electrons. The van der Waals surface area contributed by atoms with Crippen LogP contribution in [0.5, 0.6) is 0 Å². The van der Waals surface area contributed by atoms with Crippen molar-refractivity contribution in [1.29, 1.82) is 0 Å². The minimum atomic E-state index is 0.875. The fourth-order valence-corrected chi connectivity index (χ4v) is 9.16. The van der Waals surface area contributed by atoms with Gasteiger partial charge in [0.15, 0.2) is 0 Å². The topological polar surface area (TPSA) is 34.2 Å². The smallest absolute Gasteiger partial charge is 0.136 e. The van der Waals surface area contributed by atoms with Crippen LogP contribution in [0.3, 0.4) is 0 Å². The summed E-state index contributed by atoms with van der Waals surface area (Å²) in [6, 6.07) is 81.9. The van der Waals surface area contributed by atoms with Crippen molar-refractivity contribution in [3.63, 3.8) is 0 Å². The van der Waals surface area contributed by atoms with Crippen LogP contribution in [-0.4, -0.2) is 9.55 Å². The van der Waals surface area contributed by atoms with Crippen molar-refractivity contribution in [1.82, 2.24) is 9.55 Å². The van der Waals surface area contributed by atoms with E-state index in [-0.39, 0.29) is 0 Å². The number of rotatable bonds is 8. The zero-order chi connectivity index (χ0) is 41.7. The molecule has 4 nitrogen and oxygen atoms in total. The Morgan fingerprint density at radius 1 is 0.333 bits per heavy atom. The molecule has 0 N–H and O–H groups in total. The zero-order valence-electron chi connectivity index (χ0n) is 34.3. The number of hydrogen-bond acceptors (Lipinski definition) is 3. The van der Waals surface area contributed by atoms with Crippen molar-refractivity contribution in [2.24, 2.45) is 0 Å². The molecule has 0 aliphatic rings. The van der Waals surface area contributed by atoms with Gasteiger partial charge in [0, 0.05) is 61.6 Å². The van der Waals surface area contributed by atoms with E-state index >= 15 is 0 Å². The van der Waals surface area contributed by atoms with E-state index in [0.717, 1.165) is 89.3 Å². The third-order valence-corrected chi connectivity index (χ3v) is 12.2. The number of pyridine rings is 1. The van der Waals surface area contributed by atoms with Gasteiger partial charge in [-0.05, 0) is 137 Å². The Labute approximate surface area is 365 Å². The van der Waals surface area contributed by atoms with Crippen molar-refractivity contribution < 1.29 is 4.42 Å². The van der Waals surface area contributed by atoms with Crippen LogP contribution in [0.25, 0.3) is 94.1 Å². The second kappa shape index (κ2) is 15.2. The summed E-state index contributed by atoms with van der Waals surface area (Å²) in [5.74, 6) is 0. The monoisotopic (exact) mass is 805 g/mol. The van der Waals surface area contributed by atoms with Crippen LogP contribution < -0.4 is 4.90 Å². The molecule has 0 amide bonds. The standard InChI is InChI=1S/C59H39N3O/c1-4-14-47(15-5-1)61(48-16-6-2-7-17-48)50-29-24-40(25-30-50)43-27-32-55(60-39-43)46-35-44(34-45(36-46)42-26-31-53-52-21-11-13-23-58(52)63-59(53)38-42)41-28-33-57-54(37-41)51-20-10-12-22-56(51)62(57)49-18-8-3-9-19-49/h1-39H. The zero-order valence-corrected chi connectivity index (χ0v) is 34.3. The number of hydrogen-bond donors (Lipinski definition) is 0. The van der Waals surface area contributed by atoms with Gasteiger partial charge < -0.3 is 13.9 Å². The number of aromatic nitrogens is 2. The number of nitrogens with zero attached hydrogens (tertiary/aromatic N) is 3. The Bertz CT molecular complexity index is 3550. The average molecular weight is 806 g/mol. The molecule has 0 saturated carbocycles. The fourth-order valence-electron chi connectivity index (χ4n) is 9.16. The summed E-state index contributed by atoms with van der Waals surface area (Å²) in [4.78, 5) is 7.40. The second-order valence-electron chi connectivity index (χ2n) is 16.0. The highest BCUT2D eigenvalue weighted by atomic mass is 16.3. The number of furan rings is 1. The van der Waals surface area contributed by atoms with E-state index in [4.69, 9.17) is 9.40 Å². The van der Waals surface area contributed by atoms with E-state index < -0.39 is 0 Å². The molecule has 3 heterocycles. The van der Waals surface area contributed by atoms with Crippen LogP contribution in [0, 0.1) is 0 Å². The van der Waals surface area contributed by atoms with Crippen LogP contribution >= 0.6 is 0 Å². The van der Waals surface area contributed by atoms with Gasteiger partial charge in [-0.15, -0.1) is 0 Å². The lowest BCUT2D eigenvalue weighted by atomic mass is 9.93. The molecule has 296 valence electrons. The van der Waals surface area contributed by atoms with E-state index in [1.54, 1.807) is 0 Å². The molecule has 0 atom stereocenters. The van der Waals surface area contributed by atoms with Crippen LogP contribution in [0.2, 0.25) is 0 Å². The molecule has 0 aliphatic carbocycles. The van der Waals surface area contributed by atoms with Gasteiger partial charge in [-0.2, -0.15) is 0 Å². The summed E-state index contributed by atoms with van der Waals surface area (Å²) in [5, 5.41) is 4.68. The maximum Gasteiger partial charge on any atom is 0.136 e. The molecule has 0 aliphatic heterocycles. The van der Waals surface area contributed by atoms with E-state index in [1.165, 1.54) is 21.8 Å². The Hall–Kier alpha value is -8.47. The summed E-state index contributed by atoms with van der Waals surface area (Å²) in [7, 11) is 0. The van der Waals surface area contributed by atoms with Crippen LogP contribution in [0.4, 0.5) is 17.1 Å². The minimum absolute atomic E-state index is 0.875. The van der Waals surface area contributed by atoms with Gasteiger partial charge in [0.25, 0.3) is 0 Å². The molecule has 4 heteroatoms. The molecular formula is C59H39N3O. The van der Waals surface area contributed by atoms with Crippen LogP contribution in [-0.2, 0) is 0 Å². The quantitative estimate of drug-likeness (QED) is 0.153. The van der Waals surface area contributed by atoms with Gasteiger partial charge in [-0.25, -0.2) is 0 Å². The van der Waals surface area contributed by atoms with Crippen molar-refractivity contribution in [3.05, 3.63) is 237 Å². The van der Waals surface area contributed by atoms with E-state index in [1.807, 2.05) is 18.3 Å². The number of anilines is 3. The van der Waals surface area contributed by atoms with Crippen molar-refractivity contribution in [2.75, 3.05) is 4.90 Å². The molecule has 0 bridgehead atoms. The fraction of sp³-hybridized carbons (Fsp3) is 0. The Morgan fingerprint density at radius 2 is 0.873 bits per heavy atom. The molecule has 9 aromatic carbocycles. The van der Waals surface area contributed by atoms with Gasteiger partial charge in [0.05, 0.1) is 16.7 Å². The molecule has 12 rings (SSSR count). The molecular weight excluding hydrogens is 767 g/mol. The predicted molar refractivity (Wildman–Crippen MR) is 262 cm³/mol. The molecule has 0 saturated heterocycles. The number of benzene rings is 9. The first kappa shape index (κ1) is 36.4. The third kappa shape index (κ3) is 6.53. The normalized spacial score (nSPS) is 11.5. The molecule has 3 aromatic heterocycles. The summed E-state index contributed by atoms with van der Waals surface area (Å²) >= 11 is 0. The first-order valence-electron chi connectivity index (χ1n) is 21.3. The van der Waals surface area contributed by atoms with E-state index in [0.29, 0.717) is 0 Å². The molecule has 0 unspecified atom stereocenters. The number of para-hydroxylation sites is 5. The molecule has 12 aromatic rings. The van der Waals surface area contributed by atoms with Crippen LogP contribution in [0.1, 0.15) is 0 Å². The third-order valence-electron chi connectivity index (χ3n) is 12.2. The lowest BCUT2D eigenvalue weighted by Gasteiger charge is -2.25. The van der Waals surface area contributed by atoms with Crippen molar-refractivity contribution >= 4 is 60.8 Å². The van der Waals surface area contributed by atoms with Gasteiger partial charge >= 0.3 is 0 Å². The second-order valence-corrected chi connectivity index (χ2v) is 16.0. The highest BCUT2D eigenvalue weighted by Crippen LogP contribution is 2.40. The predicted octanol–water partition coefficient (Wildman–Crippen LogP) is 16.2. The van der Waals surface area contributed by atoms with E-state index in [9.17, 15) is 0 Å². The van der Waals surface area contributed by atoms with Gasteiger partial charge in [-0.3, -0.25) is 4.98 Å². The van der Waals surface area contributed by atoms with Gasteiger partial charge in [0.2, 0.25) is 0 Å². The number of fused-ring (bicyclic) bond motifs is 6. The summed E-state index contributed by atoms with van der Waals surface area (Å²) in [6.07, 6.45) is 1.99. The Balaban J connectivity index is 0.948. The largest absolute Gasteiger partial charge is 0.456 e. The Morgan fingerprint density at radius 3 is 1.59 bits per heavy atom. The minimum Gasteiger partial charge on any atom is -0.456 e. The first-order valence-corrected chi connectivity index (χ1v) is 21.3. The summed E-state index contributed by atoms with van der Waals surface area (Å²) in [5.41, 5.74) is 17.2. The highest BCUT2D eigenvalue weighted by molar-refractivity contribution is 6.11. The lowest BCUT2D eigenvalue weighted by molar-refractivity contribution is 0.669. The molecule has 0 spiro atoms. The SMILES string of the molecule is c1ccc(N(c2ccccc2)c2ccc(-c3ccc(-c4cc(-c5ccc6c(c5)oc5ccccc56)cc(-c5ccc6c(c5)c5ccccc5n6-c5ccccc5)c4)nc3)cc2)cc1. The summed E-state index contributed by atoms with van der Waals surface area (Å²) in [6.45, 7) is 0. The summed E-state index contributed by atoms with van der Waals surface area (Å²) < 4.78 is 8.74. The lowest BCUT2D eigenvalue weighted by Crippen LogP contribution is -2.09. The first-order chi connectivity index (χ1) is 31.2. The van der Waals surface area contributed by atoms with Crippen molar-refractivity contribution in [2.45, 2.75) is 0 Å². The van der Waals surface area contributed by atoms with Crippen molar-refractivity contribution in [3.8, 4) is 50.3 Å². The maximum absolute atomic E-state index is 6.38. The average Bonchev–Trinajstić information content (AvgIpc) is 3.90. The van der Waals surface area contributed by atoms with Crippen LogP contribution in [0.15, 0.2) is 241 Å². The van der Waals surface area contributed by atoms with Gasteiger partial charge in [-0.1, -0.05) is 121 Å². The molecule has 63 heavy (non-hydrogen) atoms. The maximum atomic E-state index is 6.38.